The molecule has 0 radical (unpaired) electrons. The van der Waals surface area contributed by atoms with E-state index in [1.165, 1.54) is 0 Å². The molecule has 0 aromatic heterocycles. The molecule has 2 N–H and O–H groups in total. The molecular formula is C11H24N2O2. The van der Waals surface area contributed by atoms with Crippen molar-refractivity contribution in [3.63, 3.8) is 0 Å². The maximum atomic E-state index is 11.5. The van der Waals surface area contributed by atoms with Crippen LogP contribution in [0.15, 0.2) is 0 Å². The third-order valence-corrected chi connectivity index (χ3v) is 2.17. The van der Waals surface area contributed by atoms with Crippen molar-refractivity contribution in [1.82, 2.24) is 10.6 Å². The smallest absolute Gasteiger partial charge is 0.236 e. The molecule has 4 nitrogen and oxygen atoms in total. The van der Waals surface area contributed by atoms with Crippen molar-refractivity contribution in [2.24, 2.45) is 0 Å². The van der Waals surface area contributed by atoms with Crippen LogP contribution in [0.4, 0.5) is 0 Å². The van der Waals surface area contributed by atoms with Crippen LogP contribution in [0.1, 0.15) is 33.6 Å². The van der Waals surface area contributed by atoms with Crippen LogP contribution in [-0.2, 0) is 9.53 Å². The average Bonchev–Trinajstić information content (AvgIpc) is 2.18. The van der Waals surface area contributed by atoms with E-state index in [1.807, 2.05) is 13.8 Å². The minimum atomic E-state index is -0.160. The quantitative estimate of drug-likeness (QED) is 0.593. The van der Waals surface area contributed by atoms with E-state index in [2.05, 4.69) is 17.6 Å². The second-order valence-electron chi connectivity index (χ2n) is 3.89. The van der Waals surface area contributed by atoms with Crippen molar-refractivity contribution < 1.29 is 9.53 Å². The van der Waals surface area contributed by atoms with E-state index in [1.54, 1.807) is 7.11 Å². The molecule has 0 aromatic rings. The lowest BCUT2D eigenvalue weighted by Crippen LogP contribution is -2.47. The number of methoxy groups -OCH3 is 1. The highest BCUT2D eigenvalue weighted by atomic mass is 16.5. The van der Waals surface area contributed by atoms with Crippen molar-refractivity contribution in [3.8, 4) is 0 Å². The maximum Gasteiger partial charge on any atom is 0.236 e. The van der Waals surface area contributed by atoms with Crippen LogP contribution >= 0.6 is 0 Å². The summed E-state index contributed by atoms with van der Waals surface area (Å²) in [6, 6.07) is 0.0360. The van der Waals surface area contributed by atoms with Crippen molar-refractivity contribution in [3.05, 3.63) is 0 Å². The highest BCUT2D eigenvalue weighted by molar-refractivity contribution is 5.81. The first-order chi connectivity index (χ1) is 7.11. The molecule has 0 bridgehead atoms. The van der Waals surface area contributed by atoms with E-state index in [-0.39, 0.29) is 18.0 Å². The van der Waals surface area contributed by atoms with Gasteiger partial charge in [-0.3, -0.25) is 4.79 Å². The van der Waals surface area contributed by atoms with E-state index in [4.69, 9.17) is 4.74 Å². The van der Waals surface area contributed by atoms with E-state index in [0.29, 0.717) is 6.61 Å². The van der Waals surface area contributed by atoms with Crippen LogP contribution in [0.2, 0.25) is 0 Å². The summed E-state index contributed by atoms with van der Waals surface area (Å²) >= 11 is 0. The number of carbonyl (C=O) groups excluding carboxylic acids is 1. The zero-order valence-electron chi connectivity index (χ0n) is 10.3. The number of rotatable bonds is 8. The predicted octanol–water partition coefficient (Wildman–Crippen LogP) is 0.916. The summed E-state index contributed by atoms with van der Waals surface area (Å²) in [6.45, 7) is 7.36. The topological polar surface area (TPSA) is 50.4 Å². The van der Waals surface area contributed by atoms with Gasteiger partial charge in [-0.2, -0.15) is 0 Å². The average molecular weight is 216 g/mol. The molecule has 0 aliphatic rings. The van der Waals surface area contributed by atoms with Gasteiger partial charge < -0.3 is 15.4 Å². The fraction of sp³-hybridized carbons (Fsp3) is 0.909. The highest BCUT2D eigenvalue weighted by Gasteiger charge is 2.14. The highest BCUT2D eigenvalue weighted by Crippen LogP contribution is 1.90. The largest absolute Gasteiger partial charge is 0.383 e. The van der Waals surface area contributed by atoms with Crippen molar-refractivity contribution >= 4 is 5.91 Å². The van der Waals surface area contributed by atoms with Crippen LogP contribution in [-0.4, -0.2) is 38.3 Å². The van der Waals surface area contributed by atoms with Crippen LogP contribution in [0.25, 0.3) is 0 Å². The Labute approximate surface area is 92.8 Å². The second kappa shape index (κ2) is 8.68. The Hall–Kier alpha value is -0.610. The Morgan fingerprint density at radius 1 is 1.40 bits per heavy atom. The lowest BCUT2D eigenvalue weighted by atomic mass is 10.2. The van der Waals surface area contributed by atoms with Gasteiger partial charge in [-0.05, 0) is 20.3 Å². The number of amides is 1. The summed E-state index contributed by atoms with van der Waals surface area (Å²) < 4.78 is 4.99. The molecule has 0 saturated heterocycles. The first kappa shape index (κ1) is 14.4. The Bertz CT molecular complexity index is 174. The zero-order chi connectivity index (χ0) is 11.7. The summed E-state index contributed by atoms with van der Waals surface area (Å²) in [5, 5.41) is 6.06. The number of hydrogen-bond donors (Lipinski definition) is 2. The van der Waals surface area contributed by atoms with Crippen molar-refractivity contribution in [1.29, 1.82) is 0 Å². The van der Waals surface area contributed by atoms with Crippen molar-refractivity contribution in [2.45, 2.75) is 45.7 Å². The monoisotopic (exact) mass is 216 g/mol. The Morgan fingerprint density at radius 2 is 2.07 bits per heavy atom. The number of nitrogens with one attached hydrogen (secondary N) is 2. The van der Waals surface area contributed by atoms with E-state index < -0.39 is 0 Å². The Kier molecular flexibility index (Phi) is 8.33. The molecule has 0 fully saturated rings. The standard InChI is InChI=1S/C11H24N2O2/c1-5-6-7-12-11(14)10(3)13-9(2)8-15-4/h9-10,13H,5-8H2,1-4H3,(H,12,14). The lowest BCUT2D eigenvalue weighted by molar-refractivity contribution is -0.123. The molecule has 2 unspecified atom stereocenters. The van der Waals surface area contributed by atoms with Crippen LogP contribution in [0, 0.1) is 0 Å². The van der Waals surface area contributed by atoms with Gasteiger partial charge in [0.1, 0.15) is 0 Å². The van der Waals surface area contributed by atoms with Crippen LogP contribution in [0.3, 0.4) is 0 Å². The fourth-order valence-electron chi connectivity index (χ4n) is 1.34. The van der Waals surface area contributed by atoms with Gasteiger partial charge in [0.2, 0.25) is 5.91 Å². The Balaban J connectivity index is 3.68. The SMILES string of the molecule is CCCCNC(=O)C(C)NC(C)COC. The lowest BCUT2D eigenvalue weighted by Gasteiger charge is -2.18. The third kappa shape index (κ3) is 7.33. The molecule has 0 rings (SSSR count). The Morgan fingerprint density at radius 3 is 2.60 bits per heavy atom. The van der Waals surface area contributed by atoms with Crippen LogP contribution in [0.5, 0.6) is 0 Å². The maximum absolute atomic E-state index is 11.5. The molecule has 0 heterocycles. The van der Waals surface area contributed by atoms with Crippen LogP contribution < -0.4 is 10.6 Å². The van der Waals surface area contributed by atoms with Gasteiger partial charge in [0, 0.05) is 19.7 Å². The van der Waals surface area contributed by atoms with Gasteiger partial charge in [-0.25, -0.2) is 0 Å². The summed E-state index contributed by atoms with van der Waals surface area (Å²) in [4.78, 5) is 11.5. The van der Waals surface area contributed by atoms with Gasteiger partial charge in [-0.15, -0.1) is 0 Å². The van der Waals surface area contributed by atoms with E-state index in [9.17, 15) is 4.79 Å². The minimum Gasteiger partial charge on any atom is -0.383 e. The summed E-state index contributed by atoms with van der Waals surface area (Å²) in [5.74, 6) is 0.0615. The number of ether oxygens (including phenoxy) is 1. The molecule has 0 aliphatic heterocycles. The van der Waals surface area contributed by atoms with Crippen molar-refractivity contribution in [2.75, 3.05) is 20.3 Å². The summed E-state index contributed by atoms with van der Waals surface area (Å²) in [7, 11) is 1.66. The molecule has 2 atom stereocenters. The molecule has 15 heavy (non-hydrogen) atoms. The summed E-state index contributed by atoms with van der Waals surface area (Å²) in [6.07, 6.45) is 2.13. The predicted molar refractivity (Wildman–Crippen MR) is 61.9 cm³/mol. The molecule has 0 spiro atoms. The normalized spacial score (nSPS) is 14.7. The first-order valence-electron chi connectivity index (χ1n) is 5.64. The van der Waals surface area contributed by atoms with Gasteiger partial charge >= 0.3 is 0 Å². The molecule has 90 valence electrons. The van der Waals surface area contributed by atoms with Gasteiger partial charge in [-0.1, -0.05) is 13.3 Å². The molecule has 0 saturated carbocycles. The minimum absolute atomic E-state index is 0.0615. The summed E-state index contributed by atoms with van der Waals surface area (Å²) in [5.41, 5.74) is 0. The fourth-order valence-corrected chi connectivity index (χ4v) is 1.34. The first-order valence-corrected chi connectivity index (χ1v) is 5.64. The van der Waals surface area contributed by atoms with Gasteiger partial charge in [0.25, 0.3) is 0 Å². The van der Waals surface area contributed by atoms with Gasteiger partial charge in [0.05, 0.1) is 12.6 Å². The van der Waals surface area contributed by atoms with E-state index in [0.717, 1.165) is 19.4 Å². The van der Waals surface area contributed by atoms with E-state index >= 15 is 0 Å². The third-order valence-electron chi connectivity index (χ3n) is 2.17. The number of unbranched alkanes of at least 4 members (excludes halogenated alkanes) is 1. The molecule has 0 aliphatic carbocycles. The molecule has 1 amide bonds. The molecular weight excluding hydrogens is 192 g/mol. The zero-order valence-corrected chi connectivity index (χ0v) is 10.3. The number of hydrogen-bond acceptors (Lipinski definition) is 3. The second-order valence-corrected chi connectivity index (χ2v) is 3.89. The molecule has 4 heteroatoms. The molecule has 0 aromatic carbocycles. The van der Waals surface area contributed by atoms with Gasteiger partial charge in [0.15, 0.2) is 0 Å². The number of carbonyl (C=O) groups is 1.